The number of hydrogen-bond acceptors (Lipinski definition) is 4. The van der Waals surface area contributed by atoms with Crippen LogP contribution in [0.5, 0.6) is 0 Å². The van der Waals surface area contributed by atoms with E-state index >= 15 is 0 Å². The molecule has 13 heavy (non-hydrogen) atoms. The summed E-state index contributed by atoms with van der Waals surface area (Å²) >= 11 is 0. The maximum atomic E-state index is 4.94. The zero-order chi connectivity index (χ0) is 9.78. The van der Waals surface area contributed by atoms with Gasteiger partial charge in [-0.15, -0.1) is 0 Å². The first-order valence-corrected chi connectivity index (χ1v) is 3.93. The van der Waals surface area contributed by atoms with Crippen molar-refractivity contribution >= 4 is 7.69 Å². The second-order valence-electron chi connectivity index (χ2n) is 2.11. The molecule has 0 aliphatic carbocycles. The van der Waals surface area contributed by atoms with Crippen molar-refractivity contribution in [3.63, 3.8) is 0 Å². The zero-order valence-corrected chi connectivity index (χ0v) is 8.06. The van der Waals surface area contributed by atoms with E-state index < -0.39 is 0 Å². The van der Waals surface area contributed by atoms with Crippen LogP contribution in [0.2, 0.25) is 0 Å². The lowest BCUT2D eigenvalue weighted by Crippen LogP contribution is -1.95. The molecule has 0 rings (SSSR count). The van der Waals surface area contributed by atoms with Gasteiger partial charge in [0.2, 0.25) is 0 Å². The van der Waals surface area contributed by atoms with Crippen molar-refractivity contribution in [2.75, 3.05) is 27.4 Å². The van der Waals surface area contributed by atoms with Crippen LogP contribution in [-0.2, 0) is 18.8 Å². The van der Waals surface area contributed by atoms with E-state index in [1.165, 1.54) is 12.5 Å². The van der Waals surface area contributed by atoms with Crippen LogP contribution in [0.3, 0.4) is 0 Å². The van der Waals surface area contributed by atoms with Crippen LogP contribution in [0.25, 0.3) is 0 Å². The highest BCUT2D eigenvalue weighted by Crippen LogP contribution is 1.81. The van der Waals surface area contributed by atoms with Gasteiger partial charge in [-0.3, -0.25) is 0 Å². The summed E-state index contributed by atoms with van der Waals surface area (Å²) in [5, 5.41) is 0. The molecule has 0 saturated heterocycles. The summed E-state index contributed by atoms with van der Waals surface area (Å²) in [4.78, 5) is 0. The van der Waals surface area contributed by atoms with Crippen LogP contribution in [-0.4, -0.2) is 35.1 Å². The minimum Gasteiger partial charge on any atom is -0.535 e. The summed E-state index contributed by atoms with van der Waals surface area (Å²) in [7, 11) is 3.43. The van der Waals surface area contributed by atoms with E-state index in [4.69, 9.17) is 18.8 Å². The molecule has 0 aromatic carbocycles. The van der Waals surface area contributed by atoms with Crippen molar-refractivity contribution in [3.05, 3.63) is 24.7 Å². The summed E-state index contributed by atoms with van der Waals surface area (Å²) in [5.41, 5.74) is 0. The van der Waals surface area contributed by atoms with Gasteiger partial charge in [-0.1, -0.05) is 0 Å². The van der Waals surface area contributed by atoms with Crippen molar-refractivity contribution in [2.45, 2.75) is 0 Å². The van der Waals surface area contributed by atoms with E-state index in [0.717, 1.165) is 0 Å². The Hall–Kier alpha value is -0.935. The van der Waals surface area contributed by atoms with Crippen molar-refractivity contribution in [1.82, 2.24) is 0 Å². The molecular formula is C8H15BO4. The average Bonchev–Trinajstić information content (AvgIpc) is 2.16. The zero-order valence-electron chi connectivity index (χ0n) is 8.06. The quantitative estimate of drug-likeness (QED) is 0.316. The Bertz CT molecular complexity index is 131. The molecule has 0 heterocycles. The van der Waals surface area contributed by atoms with Crippen LogP contribution in [0.1, 0.15) is 0 Å². The molecule has 0 aliphatic rings. The lowest BCUT2D eigenvalue weighted by molar-refractivity contribution is 0.230. The normalized spacial score (nSPS) is 10.9. The number of ether oxygens (including phenoxy) is 2. The highest BCUT2D eigenvalue weighted by Gasteiger charge is 1.84. The molecule has 74 valence electrons. The topological polar surface area (TPSA) is 36.9 Å². The lowest BCUT2D eigenvalue weighted by atomic mass is 10.4. The molecule has 0 saturated carbocycles. The van der Waals surface area contributed by atoms with Gasteiger partial charge < -0.3 is 18.8 Å². The fraction of sp³-hybridized carbons (Fsp3) is 0.500. The van der Waals surface area contributed by atoms with E-state index in [1.54, 1.807) is 26.4 Å². The van der Waals surface area contributed by atoms with Crippen LogP contribution in [0.15, 0.2) is 24.7 Å². The number of hydrogen-bond donors (Lipinski definition) is 0. The Morgan fingerprint density at radius 3 is 1.77 bits per heavy atom. The molecule has 5 heteroatoms. The first-order valence-electron chi connectivity index (χ1n) is 3.93. The van der Waals surface area contributed by atoms with Crippen LogP contribution < -0.4 is 0 Å². The Morgan fingerprint density at radius 2 is 1.38 bits per heavy atom. The molecule has 0 N–H and O–H groups in total. The molecule has 4 nitrogen and oxygen atoms in total. The van der Waals surface area contributed by atoms with E-state index in [-0.39, 0.29) is 7.69 Å². The van der Waals surface area contributed by atoms with Gasteiger partial charge in [0.25, 0.3) is 0 Å². The largest absolute Gasteiger partial charge is 0.575 e. The fourth-order valence-electron chi connectivity index (χ4n) is 0.525. The van der Waals surface area contributed by atoms with Crippen molar-refractivity contribution in [3.8, 4) is 0 Å². The molecule has 0 bridgehead atoms. The molecule has 0 fully saturated rings. The Labute approximate surface area is 79.4 Å². The number of methoxy groups -OCH3 is 2. The van der Waals surface area contributed by atoms with Gasteiger partial charge in [0, 0.05) is 14.2 Å². The van der Waals surface area contributed by atoms with E-state index in [2.05, 4.69) is 0 Å². The molecule has 0 amide bonds. The fourth-order valence-corrected chi connectivity index (χ4v) is 0.525. The van der Waals surface area contributed by atoms with Gasteiger partial charge in [-0.05, 0) is 12.2 Å². The molecular weight excluding hydrogens is 171 g/mol. The summed E-state index contributed by atoms with van der Waals surface area (Å²) in [6.45, 7) is 1.08. The van der Waals surface area contributed by atoms with Gasteiger partial charge in [0.1, 0.15) is 0 Å². The predicted molar refractivity (Wildman–Crippen MR) is 51.4 cm³/mol. The van der Waals surface area contributed by atoms with Gasteiger partial charge in [0.15, 0.2) is 0 Å². The smallest absolute Gasteiger partial charge is 0.535 e. The summed E-state index contributed by atoms with van der Waals surface area (Å²) in [5.74, 6) is 0. The van der Waals surface area contributed by atoms with Gasteiger partial charge in [-0.25, -0.2) is 0 Å². The third-order valence-corrected chi connectivity index (χ3v) is 1.05. The Morgan fingerprint density at radius 1 is 0.923 bits per heavy atom. The van der Waals surface area contributed by atoms with Crippen LogP contribution in [0, 0.1) is 0 Å². The van der Waals surface area contributed by atoms with Gasteiger partial charge >= 0.3 is 7.69 Å². The molecule has 0 aromatic heterocycles. The second-order valence-corrected chi connectivity index (χ2v) is 2.11. The molecule has 0 aromatic rings. The molecule has 0 radical (unpaired) electrons. The first kappa shape index (κ1) is 12.1. The van der Waals surface area contributed by atoms with Crippen molar-refractivity contribution in [1.29, 1.82) is 0 Å². The summed E-state index contributed by atoms with van der Waals surface area (Å²) in [6, 6.07) is 0. The molecule has 0 unspecified atom stereocenters. The molecule has 0 aliphatic heterocycles. The maximum absolute atomic E-state index is 4.94. The molecule has 0 atom stereocenters. The third kappa shape index (κ3) is 11.1. The average molecular weight is 186 g/mol. The predicted octanol–water partition coefficient (Wildman–Crippen LogP) is 0.606. The Balaban J connectivity index is 3.07. The minimum atomic E-state index is 0.195. The van der Waals surface area contributed by atoms with Crippen LogP contribution in [0.4, 0.5) is 0 Å². The van der Waals surface area contributed by atoms with Crippen molar-refractivity contribution in [2.24, 2.45) is 0 Å². The summed E-state index contributed by atoms with van der Waals surface area (Å²) < 4.78 is 19.4. The summed E-state index contributed by atoms with van der Waals surface area (Å²) in [6.07, 6.45) is 6.58. The van der Waals surface area contributed by atoms with Gasteiger partial charge in [0.05, 0.1) is 25.7 Å². The van der Waals surface area contributed by atoms with Gasteiger partial charge in [-0.2, -0.15) is 0 Å². The van der Waals surface area contributed by atoms with Crippen LogP contribution >= 0.6 is 0 Å². The second kappa shape index (κ2) is 11.1. The lowest BCUT2D eigenvalue weighted by Gasteiger charge is -1.97. The SMILES string of the molecule is COCC=COBOC=CCOC. The maximum Gasteiger partial charge on any atom is 0.575 e. The highest BCUT2D eigenvalue weighted by atomic mass is 16.6. The molecule has 0 spiro atoms. The third-order valence-electron chi connectivity index (χ3n) is 1.05. The van der Waals surface area contributed by atoms with E-state index in [9.17, 15) is 0 Å². The van der Waals surface area contributed by atoms with E-state index in [0.29, 0.717) is 13.2 Å². The number of rotatable bonds is 8. The minimum absolute atomic E-state index is 0.195. The monoisotopic (exact) mass is 186 g/mol. The standard InChI is InChI=1S/C8H15BO4/c1-10-5-3-7-12-9-13-8-4-6-11-2/h3-4,7-9H,5-6H2,1-2H3. The van der Waals surface area contributed by atoms with E-state index in [1.807, 2.05) is 0 Å². The first-order chi connectivity index (χ1) is 6.41. The Kier molecular flexibility index (Phi) is 10.3. The van der Waals surface area contributed by atoms with Crippen molar-refractivity contribution < 1.29 is 18.8 Å². The highest BCUT2D eigenvalue weighted by molar-refractivity contribution is 6.18.